The summed E-state index contributed by atoms with van der Waals surface area (Å²) in [6, 6.07) is 0.376. The molecule has 0 radical (unpaired) electrons. The van der Waals surface area contributed by atoms with E-state index >= 15 is 0 Å². The second-order valence-corrected chi connectivity index (χ2v) is 6.85. The van der Waals surface area contributed by atoms with Gasteiger partial charge in [0.2, 0.25) is 11.8 Å². The molecule has 1 unspecified atom stereocenters. The first-order valence-corrected chi connectivity index (χ1v) is 9.37. The van der Waals surface area contributed by atoms with Crippen LogP contribution in [0.25, 0.3) is 0 Å². The molecule has 5 nitrogen and oxygen atoms in total. The van der Waals surface area contributed by atoms with Crippen LogP contribution in [-0.4, -0.2) is 49.1 Å². The van der Waals surface area contributed by atoms with E-state index in [-0.39, 0.29) is 17.7 Å². The van der Waals surface area contributed by atoms with Gasteiger partial charge >= 0.3 is 0 Å². The lowest BCUT2D eigenvalue weighted by Crippen LogP contribution is -2.39. The maximum atomic E-state index is 12.2. The Labute approximate surface area is 140 Å². The molecule has 1 heterocycles. The molecule has 23 heavy (non-hydrogen) atoms. The van der Waals surface area contributed by atoms with Gasteiger partial charge in [-0.2, -0.15) is 0 Å². The summed E-state index contributed by atoms with van der Waals surface area (Å²) in [5.41, 5.74) is 0. The Hall–Kier alpha value is -1.10. The van der Waals surface area contributed by atoms with Gasteiger partial charge in [0.05, 0.1) is 5.92 Å². The predicted octanol–water partition coefficient (Wildman–Crippen LogP) is 2.49. The van der Waals surface area contributed by atoms with Crippen molar-refractivity contribution in [1.29, 1.82) is 0 Å². The summed E-state index contributed by atoms with van der Waals surface area (Å²) in [5.74, 6) is 0.0376. The molecule has 1 aliphatic carbocycles. The fraction of sp³-hybridized carbons (Fsp3) is 0.889. The fourth-order valence-electron chi connectivity index (χ4n) is 3.53. The van der Waals surface area contributed by atoms with Gasteiger partial charge in [-0.3, -0.25) is 9.59 Å². The number of carbonyl (C=O) groups excluding carboxylic acids is 2. The van der Waals surface area contributed by atoms with E-state index in [2.05, 4.69) is 12.2 Å². The average molecular weight is 324 g/mol. The molecule has 2 rings (SSSR count). The van der Waals surface area contributed by atoms with Gasteiger partial charge in [-0.25, -0.2) is 0 Å². The van der Waals surface area contributed by atoms with Crippen LogP contribution in [0.1, 0.15) is 64.7 Å². The van der Waals surface area contributed by atoms with E-state index in [1.54, 1.807) is 0 Å². The van der Waals surface area contributed by atoms with Gasteiger partial charge in [-0.1, -0.05) is 32.6 Å². The molecule has 1 saturated heterocycles. The molecule has 2 fully saturated rings. The molecule has 5 heteroatoms. The maximum absolute atomic E-state index is 12.2. The summed E-state index contributed by atoms with van der Waals surface area (Å²) >= 11 is 0. The van der Waals surface area contributed by atoms with Crippen molar-refractivity contribution >= 4 is 11.8 Å². The van der Waals surface area contributed by atoms with E-state index in [4.69, 9.17) is 4.74 Å². The number of ether oxygens (including phenoxy) is 1. The van der Waals surface area contributed by atoms with Crippen LogP contribution in [-0.2, 0) is 14.3 Å². The van der Waals surface area contributed by atoms with Crippen LogP contribution in [0.15, 0.2) is 0 Å². The Bertz CT molecular complexity index is 380. The Morgan fingerprint density at radius 1 is 1.22 bits per heavy atom. The lowest BCUT2D eigenvalue weighted by molar-refractivity contribution is -0.130. The molecule has 0 bridgehead atoms. The first-order valence-electron chi connectivity index (χ1n) is 9.37. The Morgan fingerprint density at radius 3 is 2.70 bits per heavy atom. The minimum Gasteiger partial charge on any atom is -0.381 e. The van der Waals surface area contributed by atoms with Gasteiger partial charge in [0.15, 0.2) is 0 Å². The molecular formula is C18H32N2O3. The number of hydrogen-bond acceptors (Lipinski definition) is 3. The molecule has 1 N–H and O–H groups in total. The zero-order valence-electron chi connectivity index (χ0n) is 14.5. The number of likely N-dealkylation sites (tertiary alicyclic amines) is 1. The molecule has 2 amide bonds. The van der Waals surface area contributed by atoms with E-state index in [0.29, 0.717) is 32.2 Å². The van der Waals surface area contributed by atoms with Crippen LogP contribution in [0, 0.1) is 5.92 Å². The summed E-state index contributed by atoms with van der Waals surface area (Å²) < 4.78 is 5.48. The highest BCUT2D eigenvalue weighted by Crippen LogP contribution is 2.28. The lowest BCUT2D eigenvalue weighted by atomic mass is 9.94. The van der Waals surface area contributed by atoms with E-state index in [9.17, 15) is 9.59 Å². The SMILES string of the molecule is CCCCOCCCNC(=O)C1CC(=O)N(C2CCCCC2)C1. The van der Waals surface area contributed by atoms with E-state index in [1.165, 1.54) is 19.3 Å². The quantitative estimate of drug-likeness (QED) is 0.663. The number of rotatable bonds is 9. The third-order valence-corrected chi connectivity index (χ3v) is 4.95. The van der Waals surface area contributed by atoms with E-state index in [1.807, 2.05) is 4.90 Å². The topological polar surface area (TPSA) is 58.6 Å². The average Bonchev–Trinajstić information content (AvgIpc) is 2.96. The van der Waals surface area contributed by atoms with Crippen LogP contribution in [0.2, 0.25) is 0 Å². The van der Waals surface area contributed by atoms with Gasteiger partial charge < -0.3 is 15.0 Å². The predicted molar refractivity (Wildman–Crippen MR) is 90.0 cm³/mol. The highest BCUT2D eigenvalue weighted by Gasteiger charge is 2.37. The molecule has 1 saturated carbocycles. The number of hydrogen-bond donors (Lipinski definition) is 1. The smallest absolute Gasteiger partial charge is 0.225 e. The van der Waals surface area contributed by atoms with Gasteiger partial charge in [-0.15, -0.1) is 0 Å². The standard InChI is InChI=1S/C18H32N2O3/c1-2-3-11-23-12-7-10-19-18(22)15-13-17(21)20(14-15)16-8-5-4-6-9-16/h15-16H,2-14H2,1H3,(H,19,22). The summed E-state index contributed by atoms with van der Waals surface area (Å²) in [7, 11) is 0. The van der Waals surface area contributed by atoms with Crippen LogP contribution < -0.4 is 5.32 Å². The maximum Gasteiger partial charge on any atom is 0.225 e. The van der Waals surface area contributed by atoms with Crippen LogP contribution >= 0.6 is 0 Å². The normalized spacial score (nSPS) is 22.6. The van der Waals surface area contributed by atoms with E-state index in [0.717, 1.165) is 38.7 Å². The van der Waals surface area contributed by atoms with Crippen molar-refractivity contribution < 1.29 is 14.3 Å². The summed E-state index contributed by atoms with van der Waals surface area (Å²) in [6.45, 7) is 4.89. The summed E-state index contributed by atoms with van der Waals surface area (Å²) in [4.78, 5) is 26.4. The first-order chi connectivity index (χ1) is 11.2. The van der Waals surface area contributed by atoms with Crippen LogP contribution in [0.3, 0.4) is 0 Å². The molecule has 132 valence electrons. The molecular weight excluding hydrogens is 292 g/mol. The van der Waals surface area contributed by atoms with Gasteiger partial charge in [-0.05, 0) is 25.7 Å². The molecule has 0 aromatic carbocycles. The molecule has 2 aliphatic rings. The number of nitrogens with one attached hydrogen (secondary N) is 1. The Morgan fingerprint density at radius 2 is 1.96 bits per heavy atom. The molecule has 0 aromatic rings. The summed E-state index contributed by atoms with van der Waals surface area (Å²) in [6.07, 6.45) is 9.37. The molecule has 0 aromatic heterocycles. The summed E-state index contributed by atoms with van der Waals surface area (Å²) in [5, 5.41) is 2.96. The molecule has 1 aliphatic heterocycles. The number of nitrogens with zero attached hydrogens (tertiary/aromatic N) is 1. The molecule has 1 atom stereocenters. The second kappa shape index (κ2) is 9.91. The van der Waals surface area contributed by atoms with Crippen LogP contribution in [0.4, 0.5) is 0 Å². The third-order valence-electron chi connectivity index (χ3n) is 4.95. The number of amides is 2. The zero-order chi connectivity index (χ0) is 16.5. The van der Waals surface area contributed by atoms with Crippen molar-refractivity contribution in [3.05, 3.63) is 0 Å². The van der Waals surface area contributed by atoms with Crippen molar-refractivity contribution in [2.24, 2.45) is 5.92 Å². The molecule has 0 spiro atoms. The second-order valence-electron chi connectivity index (χ2n) is 6.85. The van der Waals surface area contributed by atoms with Crippen molar-refractivity contribution in [1.82, 2.24) is 10.2 Å². The fourth-order valence-corrected chi connectivity index (χ4v) is 3.53. The minimum absolute atomic E-state index is 0.0326. The van der Waals surface area contributed by atoms with Crippen molar-refractivity contribution in [3.63, 3.8) is 0 Å². The van der Waals surface area contributed by atoms with Crippen LogP contribution in [0.5, 0.6) is 0 Å². The first kappa shape index (κ1) is 18.2. The zero-order valence-corrected chi connectivity index (χ0v) is 14.5. The van der Waals surface area contributed by atoms with Crippen molar-refractivity contribution in [2.75, 3.05) is 26.3 Å². The minimum atomic E-state index is -0.162. The lowest BCUT2D eigenvalue weighted by Gasteiger charge is -2.31. The largest absolute Gasteiger partial charge is 0.381 e. The number of carbonyl (C=O) groups is 2. The van der Waals surface area contributed by atoms with E-state index < -0.39 is 0 Å². The van der Waals surface area contributed by atoms with Crippen molar-refractivity contribution in [3.8, 4) is 0 Å². The monoisotopic (exact) mass is 324 g/mol. The highest BCUT2D eigenvalue weighted by molar-refractivity contribution is 5.89. The van der Waals surface area contributed by atoms with Gasteiger partial charge in [0.25, 0.3) is 0 Å². The Kier molecular flexibility index (Phi) is 7.86. The van der Waals surface area contributed by atoms with Gasteiger partial charge in [0.1, 0.15) is 0 Å². The van der Waals surface area contributed by atoms with Crippen molar-refractivity contribution in [2.45, 2.75) is 70.8 Å². The number of unbranched alkanes of at least 4 members (excludes halogenated alkanes) is 1. The highest BCUT2D eigenvalue weighted by atomic mass is 16.5. The van der Waals surface area contributed by atoms with Gasteiger partial charge in [0, 0.05) is 38.8 Å². The Balaban J connectivity index is 1.62. The third kappa shape index (κ3) is 5.79.